The van der Waals surface area contributed by atoms with Crippen LogP contribution >= 0.6 is 11.8 Å². The summed E-state index contributed by atoms with van der Waals surface area (Å²) in [7, 11) is 0. The van der Waals surface area contributed by atoms with Gasteiger partial charge in [0.25, 0.3) is 0 Å². The van der Waals surface area contributed by atoms with Crippen molar-refractivity contribution in [1.82, 2.24) is 5.32 Å². The molecule has 0 spiro atoms. The Hall–Kier alpha value is -0.710. The zero-order valence-electron chi connectivity index (χ0n) is 8.91. The van der Waals surface area contributed by atoms with Gasteiger partial charge in [0.1, 0.15) is 0 Å². The van der Waals surface area contributed by atoms with E-state index in [9.17, 15) is 9.59 Å². The highest BCUT2D eigenvalue weighted by Crippen LogP contribution is 2.32. The van der Waals surface area contributed by atoms with Crippen LogP contribution in [-0.4, -0.2) is 34.5 Å². The van der Waals surface area contributed by atoms with Crippen LogP contribution in [0, 0.1) is 0 Å². The van der Waals surface area contributed by atoms with Crippen molar-refractivity contribution in [1.29, 1.82) is 0 Å². The second-order valence-corrected chi connectivity index (χ2v) is 4.91. The number of hydrogen-bond donors (Lipinski definition) is 2. The Morgan fingerprint density at radius 2 is 2.00 bits per heavy atom. The Bertz CT molecular complexity index is 249. The molecule has 0 unspecified atom stereocenters. The fraction of sp³-hybridized carbons (Fsp3) is 0.800. The summed E-state index contributed by atoms with van der Waals surface area (Å²) in [5.41, 5.74) is -0.474. The minimum atomic E-state index is -0.832. The van der Waals surface area contributed by atoms with E-state index in [2.05, 4.69) is 5.32 Å². The summed E-state index contributed by atoms with van der Waals surface area (Å²) in [5.74, 6) is -0.478. The molecule has 0 aromatic heterocycles. The zero-order chi connectivity index (χ0) is 11.3. The van der Waals surface area contributed by atoms with Crippen molar-refractivity contribution in [3.63, 3.8) is 0 Å². The van der Waals surface area contributed by atoms with Crippen LogP contribution in [0.1, 0.15) is 32.1 Å². The normalized spacial score (nSPS) is 18.7. The molecule has 1 saturated carbocycles. The van der Waals surface area contributed by atoms with E-state index in [1.54, 1.807) is 0 Å². The van der Waals surface area contributed by atoms with Gasteiger partial charge in [0, 0.05) is 0 Å². The number of carbonyl (C=O) groups excluding carboxylic acids is 1. The SMILES string of the molecule is CSCC(=O)NC1(CC(=O)O)CCCC1. The molecule has 1 rings (SSSR count). The maximum atomic E-state index is 11.5. The molecular formula is C10H17NO3S. The van der Waals surface area contributed by atoms with Gasteiger partial charge in [0.05, 0.1) is 17.7 Å². The molecule has 0 atom stereocenters. The van der Waals surface area contributed by atoms with Crippen molar-refractivity contribution in [2.75, 3.05) is 12.0 Å². The maximum Gasteiger partial charge on any atom is 0.305 e. The van der Waals surface area contributed by atoms with Gasteiger partial charge in [-0.3, -0.25) is 9.59 Å². The lowest BCUT2D eigenvalue weighted by Gasteiger charge is -2.28. The lowest BCUT2D eigenvalue weighted by molar-refractivity contribution is -0.139. The average Bonchev–Trinajstić information content (AvgIpc) is 2.51. The summed E-state index contributed by atoms with van der Waals surface area (Å²) in [6, 6.07) is 0. The van der Waals surface area contributed by atoms with E-state index in [4.69, 9.17) is 5.11 Å². The largest absolute Gasteiger partial charge is 0.481 e. The standard InChI is InChI=1S/C10H17NO3S/c1-15-7-8(12)11-10(6-9(13)14)4-2-3-5-10/h2-7H2,1H3,(H,11,12)(H,13,14). The molecule has 1 fully saturated rings. The highest BCUT2D eigenvalue weighted by atomic mass is 32.2. The first-order chi connectivity index (χ1) is 7.08. The maximum absolute atomic E-state index is 11.5. The number of carboxylic acids is 1. The third kappa shape index (κ3) is 3.74. The number of rotatable bonds is 5. The number of aliphatic carboxylic acids is 1. The van der Waals surface area contributed by atoms with Crippen molar-refractivity contribution in [3.05, 3.63) is 0 Å². The van der Waals surface area contributed by atoms with E-state index in [-0.39, 0.29) is 12.3 Å². The molecule has 0 heterocycles. The molecule has 0 aromatic carbocycles. The summed E-state index contributed by atoms with van der Waals surface area (Å²) >= 11 is 1.45. The van der Waals surface area contributed by atoms with Crippen LogP contribution in [0.4, 0.5) is 0 Å². The van der Waals surface area contributed by atoms with E-state index >= 15 is 0 Å². The van der Waals surface area contributed by atoms with E-state index in [1.807, 2.05) is 6.26 Å². The Balaban J connectivity index is 2.56. The zero-order valence-corrected chi connectivity index (χ0v) is 9.73. The Morgan fingerprint density at radius 3 is 2.47 bits per heavy atom. The minimum absolute atomic E-state index is 0.0487. The van der Waals surface area contributed by atoms with Gasteiger partial charge in [0.2, 0.25) is 5.91 Å². The summed E-state index contributed by atoms with van der Waals surface area (Å²) in [6.45, 7) is 0. The van der Waals surface area contributed by atoms with Crippen LogP contribution in [0.3, 0.4) is 0 Å². The quantitative estimate of drug-likeness (QED) is 0.747. The first-order valence-corrected chi connectivity index (χ1v) is 6.49. The third-order valence-electron chi connectivity index (χ3n) is 2.73. The number of nitrogens with one attached hydrogen (secondary N) is 1. The number of amides is 1. The van der Waals surface area contributed by atoms with E-state index in [0.717, 1.165) is 25.7 Å². The topological polar surface area (TPSA) is 66.4 Å². The summed E-state index contributed by atoms with van der Waals surface area (Å²) in [6.07, 6.45) is 5.50. The van der Waals surface area contributed by atoms with Crippen LogP contribution in [0.2, 0.25) is 0 Å². The average molecular weight is 231 g/mol. The van der Waals surface area contributed by atoms with Crippen LogP contribution in [0.5, 0.6) is 0 Å². The number of carboxylic acid groups (broad SMARTS) is 1. The molecule has 86 valence electrons. The molecule has 1 amide bonds. The fourth-order valence-corrected chi connectivity index (χ4v) is 2.48. The Morgan fingerprint density at radius 1 is 1.40 bits per heavy atom. The van der Waals surface area contributed by atoms with Gasteiger partial charge in [-0.15, -0.1) is 0 Å². The number of hydrogen-bond acceptors (Lipinski definition) is 3. The molecule has 2 N–H and O–H groups in total. The molecule has 5 heteroatoms. The van der Waals surface area contributed by atoms with Gasteiger partial charge in [0.15, 0.2) is 0 Å². The van der Waals surface area contributed by atoms with E-state index in [1.165, 1.54) is 11.8 Å². The Kier molecular flexibility index (Phi) is 4.45. The smallest absolute Gasteiger partial charge is 0.305 e. The highest BCUT2D eigenvalue weighted by Gasteiger charge is 2.37. The van der Waals surface area contributed by atoms with Crippen LogP contribution < -0.4 is 5.32 Å². The predicted molar refractivity (Wildman–Crippen MR) is 60.0 cm³/mol. The molecule has 1 aliphatic rings. The van der Waals surface area contributed by atoms with Gasteiger partial charge in [-0.2, -0.15) is 11.8 Å². The van der Waals surface area contributed by atoms with E-state index in [0.29, 0.717) is 5.75 Å². The monoisotopic (exact) mass is 231 g/mol. The van der Waals surface area contributed by atoms with Crippen molar-refractivity contribution >= 4 is 23.6 Å². The van der Waals surface area contributed by atoms with Crippen LogP contribution in [0.15, 0.2) is 0 Å². The lowest BCUT2D eigenvalue weighted by atomic mass is 9.93. The van der Waals surface area contributed by atoms with Gasteiger partial charge in [-0.25, -0.2) is 0 Å². The predicted octanol–water partition coefficient (Wildman–Crippen LogP) is 1.25. The van der Waals surface area contributed by atoms with Crippen LogP contribution in [-0.2, 0) is 9.59 Å². The molecule has 1 aliphatic carbocycles. The molecule has 0 radical (unpaired) electrons. The van der Waals surface area contributed by atoms with Crippen molar-refractivity contribution < 1.29 is 14.7 Å². The number of carbonyl (C=O) groups is 2. The second kappa shape index (κ2) is 5.39. The van der Waals surface area contributed by atoms with Crippen molar-refractivity contribution in [2.45, 2.75) is 37.6 Å². The van der Waals surface area contributed by atoms with Gasteiger partial charge in [-0.1, -0.05) is 12.8 Å². The minimum Gasteiger partial charge on any atom is -0.481 e. The fourth-order valence-electron chi connectivity index (χ4n) is 2.15. The van der Waals surface area contributed by atoms with Gasteiger partial charge < -0.3 is 10.4 Å². The molecule has 0 saturated heterocycles. The molecule has 15 heavy (non-hydrogen) atoms. The highest BCUT2D eigenvalue weighted by molar-refractivity contribution is 7.99. The van der Waals surface area contributed by atoms with E-state index < -0.39 is 11.5 Å². The lowest BCUT2D eigenvalue weighted by Crippen LogP contribution is -2.48. The Labute approximate surface area is 93.8 Å². The van der Waals surface area contributed by atoms with Gasteiger partial charge in [-0.05, 0) is 19.1 Å². The second-order valence-electron chi connectivity index (χ2n) is 4.04. The molecule has 0 bridgehead atoms. The van der Waals surface area contributed by atoms with Gasteiger partial charge >= 0.3 is 5.97 Å². The summed E-state index contributed by atoms with van der Waals surface area (Å²) < 4.78 is 0. The van der Waals surface area contributed by atoms with Crippen LogP contribution in [0.25, 0.3) is 0 Å². The summed E-state index contributed by atoms with van der Waals surface area (Å²) in [5, 5.41) is 11.7. The third-order valence-corrected chi connectivity index (χ3v) is 3.28. The molecule has 0 aliphatic heterocycles. The molecule has 4 nitrogen and oxygen atoms in total. The molecule has 0 aromatic rings. The number of thioether (sulfide) groups is 1. The molecular weight excluding hydrogens is 214 g/mol. The first kappa shape index (κ1) is 12.4. The first-order valence-electron chi connectivity index (χ1n) is 5.10. The summed E-state index contributed by atoms with van der Waals surface area (Å²) in [4.78, 5) is 22.2. The van der Waals surface area contributed by atoms with Crippen molar-refractivity contribution in [2.24, 2.45) is 0 Å². The van der Waals surface area contributed by atoms with Crippen molar-refractivity contribution in [3.8, 4) is 0 Å².